The molecule has 62 heavy (non-hydrogen) atoms. The lowest BCUT2D eigenvalue weighted by molar-refractivity contribution is -0.120. The van der Waals surface area contributed by atoms with Gasteiger partial charge in [-0.1, -0.05) is 50.2 Å². The van der Waals surface area contributed by atoms with Gasteiger partial charge in [-0.25, -0.2) is 14.8 Å². The Bertz CT molecular complexity index is 2540. The van der Waals surface area contributed by atoms with Crippen molar-refractivity contribution in [2.45, 2.75) is 65.0 Å². The third kappa shape index (κ3) is 9.46. The smallest absolute Gasteiger partial charge is 0.328 e. The third-order valence-corrected chi connectivity index (χ3v) is 11.6. The van der Waals surface area contributed by atoms with E-state index in [0.29, 0.717) is 36.0 Å². The van der Waals surface area contributed by atoms with Gasteiger partial charge < -0.3 is 35.5 Å². The van der Waals surface area contributed by atoms with Gasteiger partial charge in [-0.3, -0.25) is 19.8 Å². The summed E-state index contributed by atoms with van der Waals surface area (Å²) in [5.74, 6) is 0.271. The minimum Gasteiger partial charge on any atom is -0.392 e. The third-order valence-electron chi connectivity index (χ3n) is 11.6. The van der Waals surface area contributed by atoms with Gasteiger partial charge in [0.15, 0.2) is 0 Å². The molecular formula is C46H53N11O5. The maximum Gasteiger partial charge on any atom is 0.328 e. The molecule has 2 aliphatic heterocycles. The minimum absolute atomic E-state index is 0.0375. The van der Waals surface area contributed by atoms with E-state index in [2.05, 4.69) is 87.7 Å². The normalized spacial score (nSPS) is 15.5. The van der Waals surface area contributed by atoms with E-state index in [4.69, 9.17) is 4.52 Å². The number of hydrogen-bond acceptors (Lipinski definition) is 12. The van der Waals surface area contributed by atoms with Gasteiger partial charge in [0.05, 0.1) is 18.3 Å². The van der Waals surface area contributed by atoms with Gasteiger partial charge >= 0.3 is 6.03 Å². The zero-order valence-electron chi connectivity index (χ0n) is 35.5. The number of imide groups is 1. The summed E-state index contributed by atoms with van der Waals surface area (Å²) in [7, 11) is 0. The first-order chi connectivity index (χ1) is 29.9. The number of piperidine rings is 1. The average molecular weight is 840 g/mol. The molecule has 2 aliphatic rings. The van der Waals surface area contributed by atoms with Crippen LogP contribution in [-0.4, -0.2) is 87.3 Å². The Balaban J connectivity index is 0.807. The van der Waals surface area contributed by atoms with Crippen LogP contribution < -0.4 is 31.1 Å². The van der Waals surface area contributed by atoms with E-state index in [1.54, 1.807) is 4.90 Å². The van der Waals surface area contributed by atoms with E-state index in [9.17, 15) is 19.5 Å². The number of carbonyl (C=O) groups excluding carboxylic acids is 3. The van der Waals surface area contributed by atoms with Crippen molar-refractivity contribution in [1.82, 2.24) is 41.0 Å². The Hall–Kier alpha value is -6.65. The number of anilines is 3. The van der Waals surface area contributed by atoms with Gasteiger partial charge in [-0.15, -0.1) is 0 Å². The van der Waals surface area contributed by atoms with Crippen molar-refractivity contribution < 1.29 is 24.0 Å². The largest absolute Gasteiger partial charge is 0.392 e. The number of hydrogen-bond donors (Lipinski definition) is 6. The number of nitrogens with one attached hydrogen (secondary N) is 5. The minimum atomic E-state index is -0.461. The van der Waals surface area contributed by atoms with Crippen LogP contribution in [0.5, 0.6) is 0 Å². The maximum absolute atomic E-state index is 12.9. The second-order valence-corrected chi connectivity index (χ2v) is 17.0. The van der Waals surface area contributed by atoms with Crippen LogP contribution in [0.2, 0.25) is 0 Å². The average Bonchev–Trinajstić information content (AvgIpc) is 3.96. The first-order valence-corrected chi connectivity index (χ1v) is 21.2. The summed E-state index contributed by atoms with van der Waals surface area (Å²) in [5.41, 5.74) is 8.20. The molecule has 16 heteroatoms. The molecule has 3 aromatic heterocycles. The Morgan fingerprint density at radius 3 is 2.39 bits per heavy atom. The first kappa shape index (κ1) is 42.1. The zero-order chi connectivity index (χ0) is 43.4. The van der Waals surface area contributed by atoms with Gasteiger partial charge in [0.2, 0.25) is 11.8 Å². The number of aliphatic hydroxyl groups is 1. The Morgan fingerprint density at radius 1 is 0.935 bits per heavy atom. The molecule has 1 atom stereocenters. The summed E-state index contributed by atoms with van der Waals surface area (Å²) in [6.45, 7) is 12.4. The van der Waals surface area contributed by atoms with Crippen LogP contribution in [0.15, 0.2) is 83.6 Å². The molecule has 4 amide bonds. The molecule has 0 unspecified atom stereocenters. The number of amides is 4. The second kappa shape index (κ2) is 18.1. The molecule has 0 spiro atoms. The number of aliphatic hydroxyl groups excluding tert-OH is 1. The summed E-state index contributed by atoms with van der Waals surface area (Å²) in [4.78, 5) is 57.5. The van der Waals surface area contributed by atoms with Gasteiger partial charge in [0.1, 0.15) is 12.0 Å². The lowest BCUT2D eigenvalue weighted by atomic mass is 9.96. The summed E-state index contributed by atoms with van der Waals surface area (Å²) < 4.78 is 5.29. The number of nitrogens with zero attached hydrogens (tertiary/aromatic N) is 6. The van der Waals surface area contributed by atoms with Crippen LogP contribution in [0.4, 0.5) is 21.9 Å². The Morgan fingerprint density at radius 2 is 1.68 bits per heavy atom. The molecule has 322 valence electrons. The van der Waals surface area contributed by atoms with Crippen LogP contribution in [0.1, 0.15) is 80.6 Å². The monoisotopic (exact) mass is 839 g/mol. The Labute approximate surface area is 359 Å². The van der Waals surface area contributed by atoms with Crippen molar-refractivity contribution in [3.63, 3.8) is 0 Å². The highest BCUT2D eigenvalue weighted by atomic mass is 16.5. The number of fused-ring (bicyclic) bond motifs is 1. The molecule has 16 nitrogen and oxygen atoms in total. The van der Waals surface area contributed by atoms with E-state index in [-0.39, 0.29) is 29.8 Å². The van der Waals surface area contributed by atoms with E-state index >= 15 is 0 Å². The molecule has 8 rings (SSSR count). The van der Waals surface area contributed by atoms with Crippen molar-refractivity contribution in [2.24, 2.45) is 5.92 Å². The highest BCUT2D eigenvalue weighted by molar-refractivity contribution is 6.05. The lowest BCUT2D eigenvalue weighted by Gasteiger charge is -2.34. The van der Waals surface area contributed by atoms with E-state index in [1.807, 2.05) is 64.1 Å². The molecule has 0 saturated carbocycles. The summed E-state index contributed by atoms with van der Waals surface area (Å²) in [6.07, 6.45) is 4.07. The number of rotatable bonds is 14. The van der Waals surface area contributed by atoms with Crippen molar-refractivity contribution in [3.8, 4) is 22.5 Å². The first-order valence-electron chi connectivity index (χ1n) is 21.2. The molecule has 6 N–H and O–H groups in total. The van der Waals surface area contributed by atoms with Crippen LogP contribution >= 0.6 is 0 Å². The molecule has 2 saturated heterocycles. The zero-order valence-corrected chi connectivity index (χ0v) is 35.5. The topological polar surface area (TPSA) is 207 Å². The van der Waals surface area contributed by atoms with E-state index in [0.717, 1.165) is 96.1 Å². The van der Waals surface area contributed by atoms with Crippen LogP contribution in [0.3, 0.4) is 0 Å². The van der Waals surface area contributed by atoms with Crippen LogP contribution in [0.25, 0.3) is 33.5 Å². The fourth-order valence-corrected chi connectivity index (χ4v) is 8.02. The van der Waals surface area contributed by atoms with Crippen molar-refractivity contribution in [3.05, 3.63) is 102 Å². The number of carbonyl (C=O) groups is 3. The molecular weight excluding hydrogens is 787 g/mol. The van der Waals surface area contributed by atoms with Crippen molar-refractivity contribution in [1.29, 1.82) is 0 Å². The fraction of sp³-hybridized carbons (Fsp3) is 0.370. The summed E-state index contributed by atoms with van der Waals surface area (Å²) >= 11 is 0. The molecule has 2 fully saturated rings. The maximum atomic E-state index is 12.9. The van der Waals surface area contributed by atoms with Gasteiger partial charge in [-0.05, 0) is 97.4 Å². The number of aromatic nitrogens is 5. The molecule has 3 aromatic carbocycles. The number of benzene rings is 3. The van der Waals surface area contributed by atoms with Crippen LogP contribution in [-0.2, 0) is 16.8 Å². The predicted molar refractivity (Wildman–Crippen MR) is 238 cm³/mol. The SMILES string of the molecule is C[C@@H](NC(=O)c1noc(C(C)(C)C)n1)c1ccc(-c2ncnc3[nH]c(-c4ccc(NCCNCC5CCN(c6ccc(N7CCC(=O)NC7=O)cc6)CC5)cc4)cc23)cc1CO. The molecule has 6 aromatic rings. The number of urea groups is 1. The number of H-pyrrole nitrogens is 1. The van der Waals surface area contributed by atoms with Gasteiger partial charge in [-0.2, -0.15) is 4.98 Å². The van der Waals surface area contributed by atoms with Crippen LogP contribution in [0, 0.1) is 5.92 Å². The Kier molecular flexibility index (Phi) is 12.3. The lowest BCUT2D eigenvalue weighted by Crippen LogP contribution is -2.49. The highest BCUT2D eigenvalue weighted by Crippen LogP contribution is 2.33. The summed E-state index contributed by atoms with van der Waals surface area (Å²) in [6, 6.07) is 23.3. The van der Waals surface area contributed by atoms with E-state index < -0.39 is 11.9 Å². The van der Waals surface area contributed by atoms with Gasteiger partial charge in [0.25, 0.3) is 11.7 Å². The number of aromatic amines is 1. The predicted octanol–water partition coefficient (Wildman–Crippen LogP) is 6.32. The molecule has 0 radical (unpaired) electrons. The van der Waals surface area contributed by atoms with Gasteiger partial charge in [0, 0.05) is 78.3 Å². The molecule has 0 aliphatic carbocycles. The quantitative estimate of drug-likeness (QED) is 0.0667. The standard InChI is InChI=1S/C46H53N11O5/c1-28(51-43(60)42-54-44(62-55-42)46(2,3)4)36-14-7-31(23-32(36)26-58)40-37-24-38(52-41(37)50-27-49-40)30-5-8-33(9-6-30)48-19-18-47-25-29-15-20-56(21-16-29)34-10-12-35(13-11-34)57-22-17-39(59)53-45(57)61/h5-14,23-24,27-29,47-48,58H,15-22,25-26H2,1-4H3,(H,51,60)(H,49,50,52)(H,53,59,61)/t28-/m1/s1. The second-order valence-electron chi connectivity index (χ2n) is 17.0. The molecule has 5 heterocycles. The molecule has 0 bridgehead atoms. The fourth-order valence-electron chi connectivity index (χ4n) is 8.02. The van der Waals surface area contributed by atoms with Crippen molar-refractivity contribution >= 4 is 45.9 Å². The van der Waals surface area contributed by atoms with E-state index in [1.165, 1.54) is 6.33 Å². The highest BCUT2D eigenvalue weighted by Gasteiger charge is 2.27. The summed E-state index contributed by atoms with van der Waals surface area (Å²) in [5, 5.41) is 27.5. The van der Waals surface area contributed by atoms with Crippen molar-refractivity contribution in [2.75, 3.05) is 54.4 Å².